The van der Waals surface area contributed by atoms with E-state index < -0.39 is 0 Å². The van der Waals surface area contributed by atoms with Crippen molar-refractivity contribution in [3.63, 3.8) is 0 Å². The van der Waals surface area contributed by atoms with Gasteiger partial charge >= 0.3 is 0 Å². The van der Waals surface area contributed by atoms with Crippen LogP contribution in [0.4, 0.5) is 11.4 Å². The zero-order valence-corrected chi connectivity index (χ0v) is 14.7. The number of nitrogens with zero attached hydrogens (tertiary/aromatic N) is 1. The number of nitrogens with one attached hydrogen (secondary N) is 1. The first-order valence-electron chi connectivity index (χ1n) is 7.15. The SMILES string of the molecule is C[NH+](C)CCC(=O)N1c2ccccc2Sc2ccccc21.O.[Cl-]. The number of rotatable bonds is 3. The van der Waals surface area contributed by atoms with E-state index in [1.807, 2.05) is 41.3 Å². The molecule has 0 fully saturated rings. The van der Waals surface area contributed by atoms with Gasteiger partial charge in [-0.25, -0.2) is 0 Å². The highest BCUT2D eigenvalue weighted by atomic mass is 35.5. The maximum Gasteiger partial charge on any atom is 0.237 e. The van der Waals surface area contributed by atoms with Crippen molar-refractivity contribution >= 4 is 29.0 Å². The molecular formula is C17H21ClN2O2S. The summed E-state index contributed by atoms with van der Waals surface area (Å²) in [6.45, 7) is 0.840. The predicted octanol–water partition coefficient (Wildman–Crippen LogP) is -1.47. The van der Waals surface area contributed by atoms with Gasteiger partial charge in [0.2, 0.25) is 5.91 Å². The molecule has 0 atom stereocenters. The van der Waals surface area contributed by atoms with Gasteiger partial charge in [0.15, 0.2) is 0 Å². The number of halogens is 1. The Morgan fingerprint density at radius 3 is 1.96 bits per heavy atom. The molecule has 3 N–H and O–H groups in total. The molecule has 6 heteroatoms. The van der Waals surface area contributed by atoms with Gasteiger partial charge in [-0.05, 0) is 24.3 Å². The highest BCUT2D eigenvalue weighted by molar-refractivity contribution is 7.99. The van der Waals surface area contributed by atoms with Crippen LogP contribution in [0, 0.1) is 0 Å². The van der Waals surface area contributed by atoms with Gasteiger partial charge < -0.3 is 22.8 Å². The van der Waals surface area contributed by atoms with Crippen molar-refractivity contribution in [2.24, 2.45) is 0 Å². The van der Waals surface area contributed by atoms with E-state index in [1.54, 1.807) is 11.8 Å². The van der Waals surface area contributed by atoms with Crippen LogP contribution >= 0.6 is 11.8 Å². The molecule has 2 aromatic rings. The number of amides is 1. The number of quaternary nitrogens is 1. The molecule has 0 aromatic heterocycles. The number of carbonyl (C=O) groups is 1. The van der Waals surface area contributed by atoms with Crippen LogP contribution in [0.25, 0.3) is 0 Å². The lowest BCUT2D eigenvalue weighted by atomic mass is 10.2. The fraction of sp³-hybridized carbons (Fsp3) is 0.235. The molecule has 1 aliphatic heterocycles. The van der Waals surface area contributed by atoms with Crippen molar-refractivity contribution in [2.75, 3.05) is 25.5 Å². The van der Waals surface area contributed by atoms with E-state index in [4.69, 9.17) is 0 Å². The number of hydrogen-bond acceptors (Lipinski definition) is 2. The van der Waals surface area contributed by atoms with Crippen molar-refractivity contribution in [3.05, 3.63) is 48.5 Å². The summed E-state index contributed by atoms with van der Waals surface area (Å²) in [6.07, 6.45) is 0.551. The molecule has 3 rings (SSSR count). The second-order valence-corrected chi connectivity index (χ2v) is 6.56. The minimum atomic E-state index is 0. The molecule has 0 spiro atoms. The highest BCUT2D eigenvalue weighted by Crippen LogP contribution is 2.47. The highest BCUT2D eigenvalue weighted by Gasteiger charge is 2.27. The topological polar surface area (TPSA) is 56.2 Å². The molecule has 0 bridgehead atoms. The summed E-state index contributed by atoms with van der Waals surface area (Å²) >= 11 is 1.73. The lowest BCUT2D eigenvalue weighted by molar-refractivity contribution is -0.857. The average Bonchev–Trinajstić information content (AvgIpc) is 2.50. The third-order valence-electron chi connectivity index (χ3n) is 3.52. The maximum atomic E-state index is 12.7. The van der Waals surface area contributed by atoms with Crippen LogP contribution < -0.4 is 22.2 Å². The van der Waals surface area contributed by atoms with Crippen LogP contribution in [0.1, 0.15) is 6.42 Å². The van der Waals surface area contributed by atoms with Gasteiger partial charge in [-0.1, -0.05) is 36.0 Å². The zero-order valence-electron chi connectivity index (χ0n) is 13.2. The van der Waals surface area contributed by atoms with E-state index in [0.717, 1.165) is 27.7 Å². The first-order chi connectivity index (χ1) is 10.2. The molecule has 0 unspecified atom stereocenters. The number of para-hydroxylation sites is 2. The molecule has 0 saturated carbocycles. The Kier molecular flexibility index (Phi) is 7.09. The summed E-state index contributed by atoms with van der Waals surface area (Å²) in [5.74, 6) is 0.163. The summed E-state index contributed by atoms with van der Waals surface area (Å²) in [6, 6.07) is 16.2. The minimum Gasteiger partial charge on any atom is -1.00 e. The van der Waals surface area contributed by atoms with Crippen molar-refractivity contribution in [2.45, 2.75) is 16.2 Å². The fourth-order valence-electron chi connectivity index (χ4n) is 2.44. The second-order valence-electron chi connectivity index (χ2n) is 5.47. The molecule has 124 valence electrons. The minimum absolute atomic E-state index is 0. The molecule has 0 radical (unpaired) electrons. The Labute approximate surface area is 147 Å². The fourth-order valence-corrected chi connectivity index (χ4v) is 3.50. The lowest BCUT2D eigenvalue weighted by Crippen LogP contribution is -3.05. The largest absolute Gasteiger partial charge is 1.00 e. The molecule has 4 nitrogen and oxygen atoms in total. The smallest absolute Gasteiger partial charge is 0.237 e. The third-order valence-corrected chi connectivity index (χ3v) is 4.65. The van der Waals surface area contributed by atoms with Gasteiger partial charge in [0.05, 0.1) is 38.4 Å². The van der Waals surface area contributed by atoms with Crippen molar-refractivity contribution in [1.29, 1.82) is 0 Å². The number of fused-ring (bicyclic) bond motifs is 2. The zero-order chi connectivity index (χ0) is 14.8. The van der Waals surface area contributed by atoms with E-state index in [1.165, 1.54) is 4.90 Å². The van der Waals surface area contributed by atoms with Crippen LogP contribution in [0.5, 0.6) is 0 Å². The quantitative estimate of drug-likeness (QED) is 0.733. The summed E-state index contributed by atoms with van der Waals surface area (Å²) in [4.78, 5) is 18.2. The Balaban J connectivity index is 0.00000132. The summed E-state index contributed by atoms with van der Waals surface area (Å²) in [5, 5.41) is 0. The van der Waals surface area contributed by atoms with E-state index >= 15 is 0 Å². The van der Waals surface area contributed by atoms with Crippen LogP contribution in [-0.2, 0) is 4.79 Å². The Morgan fingerprint density at radius 2 is 1.48 bits per heavy atom. The van der Waals surface area contributed by atoms with Gasteiger partial charge in [0.25, 0.3) is 0 Å². The van der Waals surface area contributed by atoms with Gasteiger partial charge in [-0.3, -0.25) is 9.69 Å². The Morgan fingerprint density at radius 1 is 1.00 bits per heavy atom. The van der Waals surface area contributed by atoms with Crippen molar-refractivity contribution < 1.29 is 27.6 Å². The first-order valence-corrected chi connectivity index (χ1v) is 7.96. The average molecular weight is 353 g/mol. The Bertz CT molecular complexity index is 634. The van der Waals surface area contributed by atoms with Crippen LogP contribution in [-0.4, -0.2) is 32.0 Å². The molecule has 1 heterocycles. The van der Waals surface area contributed by atoms with Crippen molar-refractivity contribution in [1.82, 2.24) is 0 Å². The normalized spacial score (nSPS) is 11.9. The van der Waals surface area contributed by atoms with Crippen molar-refractivity contribution in [3.8, 4) is 0 Å². The standard InChI is InChI=1S/C17H18N2OS.ClH.H2O/c1-18(2)12-11-17(20)19-13-7-3-5-9-15(13)21-16-10-6-4-8-14(16)19;;/h3-10H,11-12H2,1-2H3;1H;1H2. The van der Waals surface area contributed by atoms with Crippen LogP contribution in [0.15, 0.2) is 58.3 Å². The number of carbonyl (C=O) groups excluding carboxylic acids is 1. The maximum absolute atomic E-state index is 12.7. The van der Waals surface area contributed by atoms with Crippen LogP contribution in [0.3, 0.4) is 0 Å². The molecule has 0 saturated heterocycles. The summed E-state index contributed by atoms with van der Waals surface area (Å²) < 4.78 is 0. The molecule has 1 aliphatic rings. The van der Waals surface area contributed by atoms with Gasteiger partial charge in [-0.15, -0.1) is 0 Å². The number of benzene rings is 2. The summed E-state index contributed by atoms with van der Waals surface area (Å²) in [7, 11) is 4.14. The van der Waals surface area contributed by atoms with Gasteiger partial charge in [-0.2, -0.15) is 0 Å². The van der Waals surface area contributed by atoms with E-state index in [9.17, 15) is 4.79 Å². The Hall–Kier alpha value is -1.53. The lowest BCUT2D eigenvalue weighted by Gasteiger charge is -2.31. The summed E-state index contributed by atoms with van der Waals surface area (Å²) in [5.41, 5.74) is 2.00. The van der Waals surface area contributed by atoms with Gasteiger partial charge in [0, 0.05) is 9.79 Å². The molecular weight excluding hydrogens is 332 g/mol. The van der Waals surface area contributed by atoms with E-state index in [0.29, 0.717) is 6.42 Å². The molecule has 2 aromatic carbocycles. The number of anilines is 2. The van der Waals surface area contributed by atoms with Gasteiger partial charge in [0.1, 0.15) is 0 Å². The van der Waals surface area contributed by atoms with E-state index in [-0.39, 0.29) is 23.8 Å². The monoisotopic (exact) mass is 352 g/mol. The first kappa shape index (κ1) is 19.5. The number of hydrogen-bond donors (Lipinski definition) is 1. The second kappa shape index (κ2) is 8.36. The predicted molar refractivity (Wildman–Crippen MR) is 90.1 cm³/mol. The molecule has 0 aliphatic carbocycles. The molecule has 23 heavy (non-hydrogen) atoms. The van der Waals surface area contributed by atoms with Crippen LogP contribution in [0.2, 0.25) is 0 Å². The third kappa shape index (κ3) is 4.06. The van der Waals surface area contributed by atoms with E-state index in [2.05, 4.69) is 26.2 Å². The molecule has 1 amide bonds.